The number of rotatable bonds is 2. The van der Waals surface area contributed by atoms with Crippen LogP contribution < -0.4 is 0 Å². The maximum atomic E-state index is 9.52. The predicted octanol–water partition coefficient (Wildman–Crippen LogP) is 1.96. The second-order valence-electron chi connectivity index (χ2n) is 5.03. The molecule has 1 saturated heterocycles. The fourth-order valence-electron chi connectivity index (χ4n) is 2.49. The van der Waals surface area contributed by atoms with Crippen LogP contribution in [0.4, 0.5) is 0 Å². The minimum Gasteiger partial charge on any atom is -0.393 e. The van der Waals surface area contributed by atoms with Crippen LogP contribution in [-0.2, 0) is 4.74 Å². The molecule has 2 nitrogen and oxygen atoms in total. The molecule has 0 aromatic rings. The Morgan fingerprint density at radius 3 is 2.46 bits per heavy atom. The maximum Gasteiger partial charge on any atom is 0.0568 e. The van der Waals surface area contributed by atoms with E-state index in [1.165, 1.54) is 25.7 Å². The molecule has 1 saturated carbocycles. The molecule has 1 heterocycles. The van der Waals surface area contributed by atoms with E-state index in [-0.39, 0.29) is 6.10 Å². The van der Waals surface area contributed by atoms with Crippen molar-refractivity contribution >= 4 is 0 Å². The van der Waals surface area contributed by atoms with Crippen molar-refractivity contribution in [3.63, 3.8) is 0 Å². The van der Waals surface area contributed by atoms with Crippen LogP contribution in [0.2, 0.25) is 0 Å². The van der Waals surface area contributed by atoms with Gasteiger partial charge in [-0.1, -0.05) is 6.92 Å². The molecule has 0 bridgehead atoms. The average Bonchev–Trinajstić information content (AvgIpc) is 2.14. The summed E-state index contributed by atoms with van der Waals surface area (Å²) >= 11 is 0. The van der Waals surface area contributed by atoms with Gasteiger partial charge in [0.05, 0.1) is 6.10 Å². The first-order valence-corrected chi connectivity index (χ1v) is 5.45. The van der Waals surface area contributed by atoms with Crippen LogP contribution in [-0.4, -0.2) is 24.4 Å². The lowest BCUT2D eigenvalue weighted by Gasteiger charge is -2.42. The summed E-state index contributed by atoms with van der Waals surface area (Å²) in [6, 6.07) is 0. The Morgan fingerprint density at radius 1 is 1.31 bits per heavy atom. The highest BCUT2D eigenvalue weighted by molar-refractivity contribution is 4.87. The van der Waals surface area contributed by atoms with Gasteiger partial charge in [0, 0.05) is 13.2 Å². The third-order valence-corrected chi connectivity index (χ3v) is 3.83. The van der Waals surface area contributed by atoms with Gasteiger partial charge in [-0.3, -0.25) is 0 Å². The minimum atomic E-state index is -0.000306. The van der Waals surface area contributed by atoms with Crippen molar-refractivity contribution < 1.29 is 9.84 Å². The molecule has 2 atom stereocenters. The van der Waals surface area contributed by atoms with Crippen molar-refractivity contribution in [3.8, 4) is 0 Å². The fourth-order valence-corrected chi connectivity index (χ4v) is 2.49. The SMILES string of the molecule is CC1(CC2CCC2O)CCOCC1. The molecule has 0 aromatic heterocycles. The number of hydrogen-bond acceptors (Lipinski definition) is 2. The minimum absolute atomic E-state index is 0.000306. The highest BCUT2D eigenvalue weighted by Gasteiger charge is 2.36. The van der Waals surface area contributed by atoms with Gasteiger partial charge in [-0.15, -0.1) is 0 Å². The lowest BCUT2D eigenvalue weighted by atomic mass is 9.68. The molecule has 13 heavy (non-hydrogen) atoms. The molecular formula is C11H20O2. The van der Waals surface area contributed by atoms with E-state index in [4.69, 9.17) is 4.74 Å². The first kappa shape index (κ1) is 9.47. The van der Waals surface area contributed by atoms with E-state index in [1.807, 2.05) is 0 Å². The van der Waals surface area contributed by atoms with Crippen LogP contribution in [0.15, 0.2) is 0 Å². The molecule has 0 aromatic carbocycles. The third-order valence-electron chi connectivity index (χ3n) is 3.83. The van der Waals surface area contributed by atoms with Gasteiger partial charge < -0.3 is 9.84 Å². The van der Waals surface area contributed by atoms with Gasteiger partial charge in [-0.25, -0.2) is 0 Å². The van der Waals surface area contributed by atoms with Gasteiger partial charge in [-0.2, -0.15) is 0 Å². The highest BCUT2D eigenvalue weighted by Crippen LogP contribution is 2.42. The Balaban J connectivity index is 1.84. The molecule has 2 unspecified atom stereocenters. The molecule has 2 heteroatoms. The van der Waals surface area contributed by atoms with E-state index < -0.39 is 0 Å². The largest absolute Gasteiger partial charge is 0.393 e. The van der Waals surface area contributed by atoms with Crippen LogP contribution in [0.5, 0.6) is 0 Å². The number of aliphatic hydroxyl groups excluding tert-OH is 1. The lowest BCUT2D eigenvalue weighted by Crippen LogP contribution is -2.37. The molecule has 2 rings (SSSR count). The molecule has 1 aliphatic heterocycles. The van der Waals surface area contributed by atoms with Gasteiger partial charge in [0.25, 0.3) is 0 Å². The molecule has 1 aliphatic carbocycles. The topological polar surface area (TPSA) is 29.5 Å². The van der Waals surface area contributed by atoms with Crippen LogP contribution >= 0.6 is 0 Å². The lowest BCUT2D eigenvalue weighted by molar-refractivity contribution is -0.0375. The zero-order chi connectivity index (χ0) is 9.31. The van der Waals surface area contributed by atoms with E-state index in [0.717, 1.165) is 19.6 Å². The van der Waals surface area contributed by atoms with E-state index in [2.05, 4.69) is 6.92 Å². The van der Waals surface area contributed by atoms with Crippen molar-refractivity contribution in [2.45, 2.75) is 45.1 Å². The standard InChI is InChI=1S/C11H20O2/c1-11(4-6-13-7-5-11)8-9-2-3-10(9)12/h9-10,12H,2-8H2,1H3. The van der Waals surface area contributed by atoms with E-state index in [9.17, 15) is 5.11 Å². The molecule has 76 valence electrons. The molecule has 0 amide bonds. The third kappa shape index (κ3) is 2.05. The Labute approximate surface area is 80.3 Å². The van der Waals surface area contributed by atoms with Gasteiger partial charge in [0.2, 0.25) is 0 Å². The second kappa shape index (κ2) is 3.58. The van der Waals surface area contributed by atoms with Gasteiger partial charge in [-0.05, 0) is 43.4 Å². The maximum absolute atomic E-state index is 9.52. The summed E-state index contributed by atoms with van der Waals surface area (Å²) in [5, 5.41) is 9.52. The van der Waals surface area contributed by atoms with Crippen LogP contribution in [0.25, 0.3) is 0 Å². The molecule has 2 aliphatic rings. The zero-order valence-electron chi connectivity index (χ0n) is 8.46. The molecule has 0 spiro atoms. The quantitative estimate of drug-likeness (QED) is 0.711. The summed E-state index contributed by atoms with van der Waals surface area (Å²) in [6.45, 7) is 4.18. The van der Waals surface area contributed by atoms with Crippen molar-refractivity contribution in [1.29, 1.82) is 0 Å². The summed E-state index contributed by atoms with van der Waals surface area (Å²) in [5.41, 5.74) is 0.449. The van der Waals surface area contributed by atoms with E-state index in [0.29, 0.717) is 11.3 Å². The average molecular weight is 184 g/mol. The molecule has 2 fully saturated rings. The van der Waals surface area contributed by atoms with Gasteiger partial charge in [0.1, 0.15) is 0 Å². The highest BCUT2D eigenvalue weighted by atomic mass is 16.5. The first-order chi connectivity index (χ1) is 6.20. The molecular weight excluding hydrogens is 164 g/mol. The van der Waals surface area contributed by atoms with E-state index in [1.54, 1.807) is 0 Å². The molecule has 0 radical (unpaired) electrons. The summed E-state index contributed by atoms with van der Waals surface area (Å²) in [6.07, 6.45) is 5.82. The first-order valence-electron chi connectivity index (χ1n) is 5.45. The summed E-state index contributed by atoms with van der Waals surface area (Å²) < 4.78 is 5.36. The second-order valence-corrected chi connectivity index (χ2v) is 5.03. The fraction of sp³-hybridized carbons (Fsp3) is 1.00. The summed E-state index contributed by atoms with van der Waals surface area (Å²) in [4.78, 5) is 0. The predicted molar refractivity (Wildman–Crippen MR) is 51.5 cm³/mol. The summed E-state index contributed by atoms with van der Waals surface area (Å²) in [7, 11) is 0. The zero-order valence-corrected chi connectivity index (χ0v) is 8.46. The van der Waals surface area contributed by atoms with Crippen molar-refractivity contribution in [3.05, 3.63) is 0 Å². The monoisotopic (exact) mass is 184 g/mol. The van der Waals surface area contributed by atoms with Crippen LogP contribution in [0, 0.1) is 11.3 Å². The molecule has 1 N–H and O–H groups in total. The van der Waals surface area contributed by atoms with Crippen molar-refractivity contribution in [1.82, 2.24) is 0 Å². The van der Waals surface area contributed by atoms with Gasteiger partial charge >= 0.3 is 0 Å². The smallest absolute Gasteiger partial charge is 0.0568 e. The Bertz CT molecular complexity index is 173. The normalized spacial score (nSPS) is 38.3. The van der Waals surface area contributed by atoms with Gasteiger partial charge in [0.15, 0.2) is 0 Å². The van der Waals surface area contributed by atoms with Crippen molar-refractivity contribution in [2.75, 3.05) is 13.2 Å². The van der Waals surface area contributed by atoms with Crippen molar-refractivity contribution in [2.24, 2.45) is 11.3 Å². The van der Waals surface area contributed by atoms with Crippen LogP contribution in [0.3, 0.4) is 0 Å². The Hall–Kier alpha value is -0.0800. The number of hydrogen-bond donors (Lipinski definition) is 1. The summed E-state index contributed by atoms with van der Waals surface area (Å²) in [5.74, 6) is 0.586. The Kier molecular flexibility index (Phi) is 2.61. The number of ether oxygens (including phenoxy) is 1. The van der Waals surface area contributed by atoms with E-state index >= 15 is 0 Å². The Morgan fingerprint density at radius 2 is 2.00 bits per heavy atom. The van der Waals surface area contributed by atoms with Crippen LogP contribution in [0.1, 0.15) is 39.0 Å². The number of aliphatic hydroxyl groups is 1.